The summed E-state index contributed by atoms with van der Waals surface area (Å²) < 4.78 is 0. The number of Topliss-reactive ketones (excluding diaryl/α,β-unsaturated/α-hetero) is 1. The molecule has 0 bridgehead atoms. The van der Waals surface area contributed by atoms with E-state index in [1.54, 1.807) is 0 Å². The highest BCUT2D eigenvalue weighted by Gasteiger charge is 2.24. The molecule has 0 aromatic carbocycles. The highest BCUT2D eigenvalue weighted by Crippen LogP contribution is 2.20. The summed E-state index contributed by atoms with van der Waals surface area (Å²) in [7, 11) is 1.92. The van der Waals surface area contributed by atoms with E-state index in [1.807, 2.05) is 7.05 Å². The summed E-state index contributed by atoms with van der Waals surface area (Å²) in [6.07, 6.45) is 1.61. The van der Waals surface area contributed by atoms with Gasteiger partial charge < -0.3 is 5.32 Å². The molecule has 0 aliphatic heterocycles. The fraction of sp³-hybridized carbons (Fsp3) is 0.833. The Labute approximate surface area is 61.4 Å². The maximum atomic E-state index is 10.4. The predicted molar refractivity (Wildman–Crippen MR) is 38.9 cm³/mol. The molecule has 0 saturated heterocycles. The van der Waals surface area contributed by atoms with Crippen LogP contribution in [0.4, 0.5) is 0 Å². The van der Waals surface area contributed by atoms with Crippen LogP contribution in [0.15, 0.2) is 0 Å². The van der Waals surface area contributed by atoms with Crippen molar-refractivity contribution >= 4 is 18.2 Å². The summed E-state index contributed by atoms with van der Waals surface area (Å²) in [6.45, 7) is 1.01. The van der Waals surface area contributed by atoms with E-state index in [0.717, 1.165) is 19.4 Å². The Bertz CT molecular complexity index is 97.2. The van der Waals surface area contributed by atoms with Crippen LogP contribution in [-0.4, -0.2) is 19.4 Å². The third-order valence-electron chi connectivity index (χ3n) is 1.53. The normalized spacial score (nSPS) is 18.6. The highest BCUT2D eigenvalue weighted by atomic mass is 35.5. The summed E-state index contributed by atoms with van der Waals surface area (Å²) >= 11 is 0. The van der Waals surface area contributed by atoms with Crippen molar-refractivity contribution in [2.45, 2.75) is 12.8 Å². The molecule has 1 aliphatic carbocycles. The first kappa shape index (κ1) is 8.92. The highest BCUT2D eigenvalue weighted by molar-refractivity contribution is 5.85. The lowest BCUT2D eigenvalue weighted by Gasteiger charge is -2.22. The zero-order valence-corrected chi connectivity index (χ0v) is 6.33. The van der Waals surface area contributed by atoms with Gasteiger partial charge in [0.05, 0.1) is 0 Å². The van der Waals surface area contributed by atoms with Crippen LogP contribution < -0.4 is 5.32 Å². The van der Waals surface area contributed by atoms with E-state index in [2.05, 4.69) is 5.32 Å². The smallest absolute Gasteiger partial charge is 0.133 e. The molecule has 1 N–H and O–H groups in total. The van der Waals surface area contributed by atoms with Gasteiger partial charge >= 0.3 is 0 Å². The molecule has 0 radical (unpaired) electrons. The number of hydrogen-bond acceptors (Lipinski definition) is 2. The van der Waals surface area contributed by atoms with E-state index in [-0.39, 0.29) is 12.4 Å². The number of rotatable bonds is 2. The van der Waals surface area contributed by atoms with E-state index < -0.39 is 0 Å². The molecule has 0 aromatic heterocycles. The Kier molecular flexibility index (Phi) is 3.82. The van der Waals surface area contributed by atoms with Crippen LogP contribution in [0.1, 0.15) is 12.8 Å². The molecule has 9 heavy (non-hydrogen) atoms. The van der Waals surface area contributed by atoms with E-state index in [1.165, 1.54) is 0 Å². The second kappa shape index (κ2) is 3.85. The standard InChI is InChI=1S/C6H11NO.ClH/c1-7-4-5-2-6(8)3-5;/h5,7H,2-4H2,1H3;1H. The average molecular weight is 150 g/mol. The Morgan fingerprint density at radius 1 is 1.67 bits per heavy atom. The number of hydrogen-bond donors (Lipinski definition) is 1. The van der Waals surface area contributed by atoms with Crippen LogP contribution in [0.2, 0.25) is 0 Å². The minimum Gasteiger partial charge on any atom is -0.319 e. The molecule has 0 atom stereocenters. The minimum absolute atomic E-state index is 0. The van der Waals surface area contributed by atoms with Gasteiger partial charge in [0.15, 0.2) is 0 Å². The predicted octanol–water partition coefficient (Wildman–Crippen LogP) is 0.607. The first-order chi connectivity index (χ1) is 3.83. The Hall–Kier alpha value is -0.0800. The quantitative estimate of drug-likeness (QED) is 0.624. The topological polar surface area (TPSA) is 29.1 Å². The molecule has 1 saturated carbocycles. The summed E-state index contributed by atoms with van der Waals surface area (Å²) in [4.78, 5) is 10.4. The van der Waals surface area contributed by atoms with Crippen LogP contribution in [0.5, 0.6) is 0 Å². The van der Waals surface area contributed by atoms with E-state index in [9.17, 15) is 4.79 Å². The molecule has 3 heteroatoms. The molecule has 54 valence electrons. The van der Waals surface area contributed by atoms with Crippen molar-refractivity contribution in [1.82, 2.24) is 5.32 Å². The Balaban J connectivity index is 0.000000640. The van der Waals surface area contributed by atoms with Gasteiger partial charge in [0.25, 0.3) is 0 Å². The van der Waals surface area contributed by atoms with Crippen molar-refractivity contribution in [3.05, 3.63) is 0 Å². The number of ketones is 1. The molecule has 1 rings (SSSR count). The SMILES string of the molecule is CNCC1CC(=O)C1.Cl. The maximum Gasteiger partial charge on any atom is 0.133 e. The molecular formula is C6H12ClNO. The van der Waals surface area contributed by atoms with E-state index >= 15 is 0 Å². The third-order valence-corrected chi connectivity index (χ3v) is 1.53. The lowest BCUT2D eigenvalue weighted by molar-refractivity contribution is -0.126. The maximum absolute atomic E-state index is 10.4. The Morgan fingerprint density at radius 3 is 2.56 bits per heavy atom. The average Bonchev–Trinajstić information content (AvgIpc) is 1.64. The van der Waals surface area contributed by atoms with Gasteiger partial charge in [-0.15, -0.1) is 12.4 Å². The van der Waals surface area contributed by atoms with Crippen LogP contribution in [-0.2, 0) is 4.79 Å². The van der Waals surface area contributed by atoms with Crippen molar-refractivity contribution in [2.24, 2.45) is 5.92 Å². The monoisotopic (exact) mass is 149 g/mol. The second-order valence-electron chi connectivity index (χ2n) is 2.37. The summed E-state index contributed by atoms with van der Waals surface area (Å²) in [5.41, 5.74) is 0. The van der Waals surface area contributed by atoms with Crippen LogP contribution in [0, 0.1) is 5.92 Å². The van der Waals surface area contributed by atoms with E-state index in [4.69, 9.17) is 0 Å². The van der Waals surface area contributed by atoms with Crippen molar-refractivity contribution < 1.29 is 4.79 Å². The zero-order valence-electron chi connectivity index (χ0n) is 5.52. The number of nitrogens with one attached hydrogen (secondary N) is 1. The van der Waals surface area contributed by atoms with Crippen LogP contribution in [0.3, 0.4) is 0 Å². The van der Waals surface area contributed by atoms with Crippen LogP contribution in [0.25, 0.3) is 0 Å². The zero-order chi connectivity index (χ0) is 5.98. The van der Waals surface area contributed by atoms with Crippen molar-refractivity contribution in [3.8, 4) is 0 Å². The summed E-state index contributed by atoms with van der Waals surface area (Å²) in [5.74, 6) is 1.07. The number of carbonyl (C=O) groups is 1. The molecule has 0 amide bonds. The molecular weight excluding hydrogens is 138 g/mol. The summed E-state index contributed by atoms with van der Waals surface area (Å²) in [6, 6.07) is 0. The number of halogens is 1. The minimum atomic E-state index is 0. The molecule has 2 nitrogen and oxygen atoms in total. The van der Waals surface area contributed by atoms with Gasteiger partial charge in [0.1, 0.15) is 5.78 Å². The van der Waals surface area contributed by atoms with Crippen molar-refractivity contribution in [2.75, 3.05) is 13.6 Å². The van der Waals surface area contributed by atoms with Gasteiger partial charge in [0, 0.05) is 12.8 Å². The lowest BCUT2D eigenvalue weighted by atomic mass is 9.84. The number of carbonyl (C=O) groups excluding carboxylic acids is 1. The lowest BCUT2D eigenvalue weighted by Crippen LogP contribution is -2.31. The van der Waals surface area contributed by atoms with Crippen molar-refractivity contribution in [1.29, 1.82) is 0 Å². The molecule has 0 spiro atoms. The molecule has 1 fully saturated rings. The first-order valence-electron chi connectivity index (χ1n) is 2.99. The largest absolute Gasteiger partial charge is 0.319 e. The molecule has 1 aliphatic rings. The van der Waals surface area contributed by atoms with Gasteiger partial charge in [-0.1, -0.05) is 0 Å². The van der Waals surface area contributed by atoms with Gasteiger partial charge in [-0.3, -0.25) is 4.79 Å². The second-order valence-corrected chi connectivity index (χ2v) is 2.37. The van der Waals surface area contributed by atoms with Gasteiger partial charge in [0.2, 0.25) is 0 Å². The van der Waals surface area contributed by atoms with Crippen molar-refractivity contribution in [3.63, 3.8) is 0 Å². The molecule has 0 heterocycles. The fourth-order valence-corrected chi connectivity index (χ4v) is 1.02. The van der Waals surface area contributed by atoms with Gasteiger partial charge in [-0.25, -0.2) is 0 Å². The third kappa shape index (κ3) is 2.33. The van der Waals surface area contributed by atoms with Gasteiger partial charge in [-0.2, -0.15) is 0 Å². The molecule has 0 aromatic rings. The fourth-order valence-electron chi connectivity index (χ4n) is 1.02. The van der Waals surface area contributed by atoms with E-state index in [0.29, 0.717) is 11.7 Å². The Morgan fingerprint density at radius 2 is 2.22 bits per heavy atom. The van der Waals surface area contributed by atoms with Gasteiger partial charge in [-0.05, 0) is 19.5 Å². The molecule has 0 unspecified atom stereocenters. The summed E-state index contributed by atoms with van der Waals surface area (Å²) in [5, 5.41) is 3.04. The first-order valence-corrected chi connectivity index (χ1v) is 2.99. The van der Waals surface area contributed by atoms with Crippen LogP contribution >= 0.6 is 12.4 Å².